The molecule has 0 saturated heterocycles. The highest BCUT2D eigenvalue weighted by atomic mass is 35.5. The molecule has 3 rings (SSSR count). The number of anilines is 1. The predicted octanol–water partition coefficient (Wildman–Crippen LogP) is 5.32. The first-order valence-corrected chi connectivity index (χ1v) is 13.1. The quantitative estimate of drug-likeness (QED) is 0.430. The number of hydrogen-bond acceptors (Lipinski definition) is 5. The van der Waals surface area contributed by atoms with Gasteiger partial charge in [-0.3, -0.25) is 0 Å². The summed E-state index contributed by atoms with van der Waals surface area (Å²) in [5, 5.41) is 15.6. The van der Waals surface area contributed by atoms with Gasteiger partial charge in [0.05, 0.1) is 26.6 Å². The molecule has 0 spiro atoms. The van der Waals surface area contributed by atoms with Gasteiger partial charge in [-0.15, -0.1) is 0 Å². The molecule has 10 heteroatoms. The van der Waals surface area contributed by atoms with Crippen molar-refractivity contribution < 1.29 is 13.2 Å². The Morgan fingerprint density at radius 2 is 1.66 bits per heavy atom. The largest absolute Gasteiger partial charge is 0.334 e. The van der Waals surface area contributed by atoms with Gasteiger partial charge >= 0.3 is 6.03 Å². The number of nitriles is 1. The van der Waals surface area contributed by atoms with Crippen LogP contribution in [0.1, 0.15) is 16.7 Å². The molecule has 35 heavy (non-hydrogen) atoms. The molecule has 182 valence electrons. The Bertz CT molecular complexity index is 1380. The van der Waals surface area contributed by atoms with E-state index in [1.165, 1.54) is 12.1 Å². The van der Waals surface area contributed by atoms with Crippen molar-refractivity contribution in [1.82, 2.24) is 10.2 Å². The topological polar surface area (TPSA) is 102 Å². The van der Waals surface area contributed by atoms with Crippen LogP contribution in [0.2, 0.25) is 10.0 Å². The van der Waals surface area contributed by atoms with Crippen LogP contribution in [0, 0.1) is 11.3 Å². The second kappa shape index (κ2) is 11.1. The van der Waals surface area contributed by atoms with Crippen molar-refractivity contribution in [3.05, 3.63) is 81.3 Å². The average molecular weight is 531 g/mol. The molecular weight excluding hydrogens is 507 g/mol. The van der Waals surface area contributed by atoms with E-state index in [-0.39, 0.29) is 11.4 Å². The van der Waals surface area contributed by atoms with Crippen LogP contribution < -0.4 is 10.6 Å². The fourth-order valence-corrected chi connectivity index (χ4v) is 4.78. The van der Waals surface area contributed by atoms with Crippen LogP contribution in [0.25, 0.3) is 11.1 Å². The lowest BCUT2D eigenvalue weighted by Crippen LogP contribution is -2.28. The number of sulfone groups is 1. The number of benzene rings is 3. The zero-order chi connectivity index (χ0) is 25.8. The van der Waals surface area contributed by atoms with E-state index in [1.54, 1.807) is 30.3 Å². The Kier molecular flexibility index (Phi) is 8.41. The first-order chi connectivity index (χ1) is 16.5. The van der Waals surface area contributed by atoms with Crippen LogP contribution in [0.15, 0.2) is 59.5 Å². The minimum atomic E-state index is -3.28. The molecule has 2 N–H and O–H groups in total. The molecule has 0 bridgehead atoms. The number of nitrogens with one attached hydrogen (secondary N) is 2. The molecule has 0 atom stereocenters. The second-order valence-electron chi connectivity index (χ2n) is 8.26. The summed E-state index contributed by atoms with van der Waals surface area (Å²) in [6.45, 7) is 0.829. The van der Waals surface area contributed by atoms with Crippen molar-refractivity contribution in [3.63, 3.8) is 0 Å². The molecule has 2 amide bonds. The van der Waals surface area contributed by atoms with E-state index in [4.69, 9.17) is 23.2 Å². The monoisotopic (exact) mass is 530 g/mol. The Morgan fingerprint density at radius 1 is 1.03 bits per heavy atom. The Labute approximate surface area is 215 Å². The third-order valence-corrected chi connectivity index (χ3v) is 6.83. The highest BCUT2D eigenvalue weighted by Gasteiger charge is 2.15. The lowest BCUT2D eigenvalue weighted by atomic mass is 9.99. The predicted molar refractivity (Wildman–Crippen MR) is 139 cm³/mol. The molecule has 0 aliphatic rings. The van der Waals surface area contributed by atoms with E-state index >= 15 is 0 Å². The normalized spacial score (nSPS) is 11.2. The number of urea groups is 1. The third-order valence-electron chi connectivity index (χ3n) is 5.11. The molecule has 7 nitrogen and oxygen atoms in total. The summed E-state index contributed by atoms with van der Waals surface area (Å²) in [6.07, 6.45) is 1.14. The SMILES string of the molecule is CN(C)Cc1ccc(-c2c(Cl)cc(NC(=O)NCc3ccc(S(C)(=O)=O)cc3)cc2Cl)cc1C#N. The number of rotatable bonds is 7. The number of halogens is 2. The third kappa shape index (κ3) is 6.96. The molecule has 0 aliphatic heterocycles. The van der Waals surface area contributed by atoms with Gasteiger partial charge in [0.25, 0.3) is 0 Å². The molecule has 0 radical (unpaired) electrons. The van der Waals surface area contributed by atoms with Gasteiger partial charge in [0, 0.05) is 30.6 Å². The van der Waals surface area contributed by atoms with Gasteiger partial charge in [-0.2, -0.15) is 5.26 Å². The van der Waals surface area contributed by atoms with Crippen molar-refractivity contribution in [3.8, 4) is 17.2 Å². The van der Waals surface area contributed by atoms with Crippen molar-refractivity contribution in [2.24, 2.45) is 0 Å². The highest BCUT2D eigenvalue weighted by molar-refractivity contribution is 7.90. The van der Waals surface area contributed by atoms with E-state index in [0.29, 0.717) is 39.0 Å². The minimum absolute atomic E-state index is 0.200. The van der Waals surface area contributed by atoms with E-state index in [2.05, 4.69) is 16.7 Å². The van der Waals surface area contributed by atoms with E-state index in [1.807, 2.05) is 31.1 Å². The van der Waals surface area contributed by atoms with Gasteiger partial charge < -0.3 is 15.5 Å². The lowest BCUT2D eigenvalue weighted by molar-refractivity contribution is 0.251. The van der Waals surface area contributed by atoms with Crippen LogP contribution in [0.3, 0.4) is 0 Å². The molecule has 0 unspecified atom stereocenters. The molecule has 0 fully saturated rings. The summed E-state index contributed by atoms with van der Waals surface area (Å²) in [7, 11) is 0.583. The number of carbonyl (C=O) groups is 1. The maximum atomic E-state index is 12.4. The van der Waals surface area contributed by atoms with E-state index in [0.717, 1.165) is 17.4 Å². The maximum Gasteiger partial charge on any atom is 0.319 e. The second-order valence-corrected chi connectivity index (χ2v) is 11.1. The standard InChI is InChI=1S/C25H24Cl2N4O3S/c1-31(2)15-18-7-6-17(10-19(18)13-28)24-22(26)11-20(12-23(24)27)30-25(32)29-14-16-4-8-21(9-5-16)35(3,33)34/h4-12H,14-15H2,1-3H3,(H2,29,30,32). The van der Waals surface area contributed by atoms with Gasteiger partial charge in [0.15, 0.2) is 9.84 Å². The van der Waals surface area contributed by atoms with Crippen molar-refractivity contribution in [2.45, 2.75) is 18.0 Å². The van der Waals surface area contributed by atoms with Crippen LogP contribution in [0.4, 0.5) is 10.5 Å². The van der Waals surface area contributed by atoms with Gasteiger partial charge in [-0.25, -0.2) is 13.2 Å². The maximum absolute atomic E-state index is 12.4. The first kappa shape index (κ1) is 26.5. The summed E-state index contributed by atoms with van der Waals surface area (Å²) in [4.78, 5) is 14.5. The first-order valence-electron chi connectivity index (χ1n) is 10.5. The Morgan fingerprint density at radius 3 is 2.20 bits per heavy atom. The lowest BCUT2D eigenvalue weighted by Gasteiger charge is -2.15. The number of carbonyl (C=O) groups excluding carboxylic acids is 1. The summed E-state index contributed by atoms with van der Waals surface area (Å²) in [5.74, 6) is 0. The van der Waals surface area contributed by atoms with Crippen LogP contribution in [-0.2, 0) is 22.9 Å². The van der Waals surface area contributed by atoms with Crippen LogP contribution >= 0.6 is 23.2 Å². The van der Waals surface area contributed by atoms with Gasteiger partial charge in [0.2, 0.25) is 0 Å². The molecular formula is C25H24Cl2N4O3S. The van der Waals surface area contributed by atoms with Gasteiger partial charge in [-0.05, 0) is 61.1 Å². The summed E-state index contributed by atoms with van der Waals surface area (Å²) in [5.41, 5.74) is 3.85. The summed E-state index contributed by atoms with van der Waals surface area (Å²) in [6, 6.07) is 16.7. The van der Waals surface area contributed by atoms with Crippen molar-refractivity contribution in [2.75, 3.05) is 25.7 Å². The Hall–Kier alpha value is -3.09. The smallest absolute Gasteiger partial charge is 0.319 e. The van der Waals surface area contributed by atoms with Crippen molar-refractivity contribution in [1.29, 1.82) is 5.26 Å². The molecule has 0 saturated carbocycles. The van der Waals surface area contributed by atoms with Crippen LogP contribution in [0.5, 0.6) is 0 Å². The molecule has 0 aromatic heterocycles. The zero-order valence-corrected chi connectivity index (χ0v) is 21.7. The minimum Gasteiger partial charge on any atom is -0.334 e. The summed E-state index contributed by atoms with van der Waals surface area (Å²) < 4.78 is 23.1. The number of amides is 2. The Balaban J connectivity index is 1.72. The highest BCUT2D eigenvalue weighted by Crippen LogP contribution is 2.38. The fourth-order valence-electron chi connectivity index (χ4n) is 3.45. The summed E-state index contributed by atoms with van der Waals surface area (Å²) >= 11 is 13.0. The average Bonchev–Trinajstić information content (AvgIpc) is 2.77. The molecule has 0 aliphatic carbocycles. The zero-order valence-electron chi connectivity index (χ0n) is 19.4. The van der Waals surface area contributed by atoms with Crippen molar-refractivity contribution >= 4 is 44.8 Å². The number of hydrogen-bond donors (Lipinski definition) is 2. The number of nitrogens with zero attached hydrogens (tertiary/aromatic N) is 2. The molecule has 3 aromatic rings. The molecule has 3 aromatic carbocycles. The molecule has 0 heterocycles. The van der Waals surface area contributed by atoms with E-state index < -0.39 is 15.9 Å². The van der Waals surface area contributed by atoms with Crippen LogP contribution in [-0.4, -0.2) is 39.7 Å². The van der Waals surface area contributed by atoms with E-state index in [9.17, 15) is 18.5 Å². The van der Waals surface area contributed by atoms with Gasteiger partial charge in [0.1, 0.15) is 0 Å². The fraction of sp³-hybridized carbons (Fsp3) is 0.200. The van der Waals surface area contributed by atoms with Gasteiger partial charge in [-0.1, -0.05) is 47.5 Å².